The summed E-state index contributed by atoms with van der Waals surface area (Å²) in [5, 5.41) is 5.19. The molecule has 1 saturated heterocycles. The third-order valence-corrected chi connectivity index (χ3v) is 10.6. The fourth-order valence-corrected chi connectivity index (χ4v) is 7.94. The maximum atomic E-state index is 13.8. The molecule has 4 aromatic rings. The van der Waals surface area contributed by atoms with Crippen LogP contribution in [0.15, 0.2) is 78.6 Å². The maximum Gasteiger partial charge on any atom is 0.416 e. The zero-order chi connectivity index (χ0) is 43.5. The number of ether oxygens (including phenoxy) is 7. The number of aromatic nitrogens is 1. The van der Waals surface area contributed by atoms with E-state index < -0.39 is 66.7 Å². The Bertz CT molecular complexity index is 2340. The van der Waals surface area contributed by atoms with Gasteiger partial charge in [0.1, 0.15) is 36.9 Å². The minimum atomic E-state index is -1.34. The van der Waals surface area contributed by atoms with E-state index in [1.165, 1.54) is 19.0 Å². The van der Waals surface area contributed by atoms with Crippen molar-refractivity contribution in [2.45, 2.75) is 70.8 Å². The third-order valence-electron chi connectivity index (χ3n) is 10.1. The van der Waals surface area contributed by atoms with Crippen LogP contribution in [0.5, 0.6) is 11.5 Å². The highest BCUT2D eigenvalue weighted by atomic mass is 35.5. The van der Waals surface area contributed by atoms with Gasteiger partial charge in [-0.1, -0.05) is 35.3 Å². The molecule has 2 N–H and O–H groups in total. The summed E-state index contributed by atoms with van der Waals surface area (Å²) in [4.78, 5) is 67.6. The number of esters is 4. The van der Waals surface area contributed by atoms with E-state index in [9.17, 15) is 24.0 Å². The minimum Gasteiger partial charge on any atom is -0.487 e. The van der Waals surface area contributed by atoms with Gasteiger partial charge in [-0.15, -0.1) is 5.12 Å². The van der Waals surface area contributed by atoms with Crippen molar-refractivity contribution in [3.63, 3.8) is 0 Å². The Balaban J connectivity index is 1.12. The highest BCUT2D eigenvalue weighted by Gasteiger charge is 2.55. The van der Waals surface area contributed by atoms with E-state index in [2.05, 4.69) is 10.4 Å². The first kappa shape index (κ1) is 43.1. The Morgan fingerprint density at radius 3 is 2.10 bits per heavy atom. The molecule has 3 aliphatic heterocycles. The van der Waals surface area contributed by atoms with Crippen molar-refractivity contribution in [3.05, 3.63) is 105 Å². The Kier molecular flexibility index (Phi) is 12.9. The van der Waals surface area contributed by atoms with Crippen LogP contribution < -0.4 is 14.9 Å². The highest BCUT2D eigenvalue weighted by Crippen LogP contribution is 2.40. The van der Waals surface area contributed by atoms with E-state index in [1.807, 2.05) is 30.3 Å². The SMILES string of the molecule is CC(=O)OCC1OC(N2C=C(COc3ccc([C@H]4c5[nH]c6ccc(Cl)cc6c5CCN4C(=O)Oc4ccc(Cl)cc4)cc3)NN2C)C(OC(C)=O)C(OC(C)=O)C1OC(C)=O. The first-order valence-corrected chi connectivity index (χ1v) is 20.0. The normalized spacial score (nSPS) is 22.4. The van der Waals surface area contributed by atoms with Gasteiger partial charge in [-0.25, -0.2) is 4.79 Å². The molecule has 0 spiro atoms. The van der Waals surface area contributed by atoms with E-state index in [1.54, 1.807) is 59.6 Å². The Labute approximate surface area is 360 Å². The maximum absolute atomic E-state index is 13.8. The van der Waals surface area contributed by atoms with Crippen LogP contribution in [0, 0.1) is 0 Å². The van der Waals surface area contributed by atoms with E-state index in [0.717, 1.165) is 41.6 Å². The second-order valence-electron chi connectivity index (χ2n) is 14.5. The fraction of sp³-hybridized carbons (Fsp3) is 0.357. The molecule has 322 valence electrons. The lowest BCUT2D eigenvalue weighted by atomic mass is 9.92. The number of hydrogen-bond acceptors (Lipinski definition) is 15. The van der Waals surface area contributed by atoms with Crippen molar-refractivity contribution in [1.29, 1.82) is 0 Å². The van der Waals surface area contributed by atoms with E-state index in [4.69, 9.17) is 56.4 Å². The van der Waals surface area contributed by atoms with Crippen LogP contribution in [0.2, 0.25) is 10.0 Å². The smallest absolute Gasteiger partial charge is 0.416 e. The lowest BCUT2D eigenvalue weighted by Gasteiger charge is -2.47. The van der Waals surface area contributed by atoms with E-state index >= 15 is 0 Å². The molecule has 4 heterocycles. The molecule has 0 radical (unpaired) electrons. The number of aromatic amines is 1. The number of fused-ring (bicyclic) bond motifs is 3. The van der Waals surface area contributed by atoms with Gasteiger partial charge in [0.15, 0.2) is 24.5 Å². The summed E-state index contributed by atoms with van der Waals surface area (Å²) in [5.74, 6) is -1.95. The minimum absolute atomic E-state index is 0.0291. The largest absolute Gasteiger partial charge is 0.487 e. The topological polar surface area (TPSA) is 187 Å². The molecule has 1 amide bonds. The van der Waals surface area contributed by atoms with Gasteiger partial charge in [-0.2, -0.15) is 0 Å². The van der Waals surface area contributed by atoms with Crippen LogP contribution >= 0.6 is 23.2 Å². The molecular formula is C42H43Cl2N5O12. The molecule has 3 aliphatic rings. The first-order valence-electron chi connectivity index (χ1n) is 19.2. The molecule has 7 rings (SSSR count). The molecule has 0 bridgehead atoms. The van der Waals surface area contributed by atoms with Crippen molar-refractivity contribution in [2.75, 3.05) is 26.8 Å². The predicted molar refractivity (Wildman–Crippen MR) is 218 cm³/mol. The zero-order valence-corrected chi connectivity index (χ0v) is 35.2. The van der Waals surface area contributed by atoms with Crippen molar-refractivity contribution in [2.24, 2.45) is 0 Å². The zero-order valence-electron chi connectivity index (χ0n) is 33.7. The Morgan fingerprint density at radius 1 is 0.787 bits per heavy atom. The van der Waals surface area contributed by atoms with E-state index in [-0.39, 0.29) is 13.2 Å². The van der Waals surface area contributed by atoms with Crippen LogP contribution in [0.4, 0.5) is 4.79 Å². The van der Waals surface area contributed by atoms with Crippen molar-refractivity contribution in [1.82, 2.24) is 25.4 Å². The van der Waals surface area contributed by atoms with E-state index in [0.29, 0.717) is 40.2 Å². The second kappa shape index (κ2) is 18.3. The number of nitrogens with one attached hydrogen (secondary N) is 2. The standard InChI is InChI=1S/C42H43Cl2N5O12/c1-22(50)55-21-35-38(57-23(2)51)39(58-24(3)52)40(59-25(4)53)41(61-35)49-19-29(46-47(49)5)20-56-30-11-6-26(7-12-30)37-36-32(33-18-28(44)10-15-34(33)45-36)16-17-48(37)42(54)60-31-13-8-27(43)9-14-31/h6-15,18-19,35,37-41,45-46H,16-17,20-21H2,1-5H3/t35?,37-,38?,39?,40?,41?/m0/s1. The molecule has 0 saturated carbocycles. The van der Waals surface area contributed by atoms with Gasteiger partial charge in [-0.05, 0) is 72.1 Å². The van der Waals surface area contributed by atoms with Gasteiger partial charge in [0.05, 0.1) is 5.70 Å². The number of nitrogens with zero attached hydrogens (tertiary/aromatic N) is 3. The number of benzene rings is 3. The summed E-state index contributed by atoms with van der Waals surface area (Å²) < 4.78 is 40.2. The third kappa shape index (κ3) is 9.81. The summed E-state index contributed by atoms with van der Waals surface area (Å²) in [5.41, 5.74) is 7.30. The van der Waals surface area contributed by atoms with Gasteiger partial charge in [-0.3, -0.25) is 29.1 Å². The Hall–Kier alpha value is -6.01. The highest BCUT2D eigenvalue weighted by molar-refractivity contribution is 6.31. The van der Waals surface area contributed by atoms with Gasteiger partial charge >= 0.3 is 30.0 Å². The number of rotatable bonds is 11. The second-order valence-corrected chi connectivity index (χ2v) is 15.4. The Morgan fingerprint density at radius 2 is 1.43 bits per heavy atom. The molecule has 5 unspecified atom stereocenters. The summed E-state index contributed by atoms with van der Waals surface area (Å²) >= 11 is 12.4. The quantitative estimate of drug-likeness (QED) is 0.140. The van der Waals surface area contributed by atoms with Gasteiger partial charge < -0.3 is 43.6 Å². The molecule has 61 heavy (non-hydrogen) atoms. The molecule has 1 fully saturated rings. The number of H-pyrrole nitrogens is 1. The number of amides is 1. The lowest BCUT2D eigenvalue weighted by molar-refractivity contribution is -0.293. The molecule has 17 nitrogen and oxygen atoms in total. The van der Waals surface area contributed by atoms with Gasteiger partial charge in [0, 0.05) is 74.1 Å². The summed E-state index contributed by atoms with van der Waals surface area (Å²) in [6.07, 6.45) is -4.57. The number of hydrazine groups is 2. The first-order chi connectivity index (χ1) is 29.1. The molecule has 19 heteroatoms. The molecule has 6 atom stereocenters. The van der Waals surface area contributed by atoms with Crippen molar-refractivity contribution in [3.8, 4) is 11.5 Å². The van der Waals surface area contributed by atoms with Gasteiger partial charge in [0.25, 0.3) is 0 Å². The molecule has 0 aliphatic carbocycles. The molecule has 1 aromatic heterocycles. The van der Waals surface area contributed by atoms with Crippen LogP contribution in [0.1, 0.15) is 50.6 Å². The summed E-state index contributed by atoms with van der Waals surface area (Å²) in [6, 6.07) is 19.0. The average Bonchev–Trinajstić information content (AvgIpc) is 3.77. The van der Waals surface area contributed by atoms with Crippen LogP contribution in [-0.2, 0) is 49.3 Å². The van der Waals surface area contributed by atoms with Gasteiger partial charge in [0.2, 0.25) is 0 Å². The van der Waals surface area contributed by atoms with Crippen molar-refractivity contribution >= 4 is 64.1 Å². The monoisotopic (exact) mass is 879 g/mol. The van der Waals surface area contributed by atoms with Crippen LogP contribution in [0.25, 0.3) is 10.9 Å². The van der Waals surface area contributed by atoms with Crippen LogP contribution in [0.3, 0.4) is 0 Å². The number of hydrogen-bond donors (Lipinski definition) is 2. The lowest BCUT2D eigenvalue weighted by Crippen LogP contribution is -2.67. The fourth-order valence-electron chi connectivity index (χ4n) is 7.65. The van der Waals surface area contributed by atoms with Crippen molar-refractivity contribution < 1.29 is 57.1 Å². The number of carbonyl (C=O) groups is 5. The average molecular weight is 881 g/mol. The number of carbonyl (C=O) groups excluding carboxylic acids is 5. The number of halogens is 2. The molecule has 3 aromatic carbocycles. The molecular weight excluding hydrogens is 837 g/mol. The van der Waals surface area contributed by atoms with Crippen LogP contribution in [-0.4, -0.2) is 107 Å². The summed E-state index contributed by atoms with van der Waals surface area (Å²) in [6.45, 7) is 4.73. The summed E-state index contributed by atoms with van der Waals surface area (Å²) in [7, 11) is 1.66. The predicted octanol–water partition coefficient (Wildman–Crippen LogP) is 5.59.